The van der Waals surface area contributed by atoms with Gasteiger partial charge in [0.15, 0.2) is 5.96 Å². The monoisotopic (exact) mass is 335 g/mol. The molecule has 0 saturated heterocycles. The van der Waals surface area contributed by atoms with E-state index < -0.39 is 0 Å². The molecule has 1 amide bonds. The van der Waals surface area contributed by atoms with Gasteiger partial charge in [-0.05, 0) is 29.8 Å². The fraction of sp³-hybridized carbons (Fsp3) is 0.0588. The molecule has 3 rings (SSSR count). The van der Waals surface area contributed by atoms with Gasteiger partial charge in [0.05, 0.1) is 5.52 Å². The first-order valence-electron chi connectivity index (χ1n) is 7.45. The number of nitrogens with one attached hydrogen (secondary N) is 1. The summed E-state index contributed by atoms with van der Waals surface area (Å²) in [5.41, 5.74) is 14.7. The van der Waals surface area contributed by atoms with Crippen molar-refractivity contribution in [3.05, 3.63) is 55.0 Å². The minimum Gasteiger partial charge on any atom is -0.369 e. The van der Waals surface area contributed by atoms with Crippen molar-refractivity contribution in [2.24, 2.45) is 10.7 Å². The number of rotatable bonds is 3. The van der Waals surface area contributed by atoms with Crippen molar-refractivity contribution in [3.63, 3.8) is 0 Å². The Morgan fingerprint density at radius 2 is 2.16 bits per heavy atom. The number of nitrogens with two attached hydrogens (primary N) is 2. The Labute approximate surface area is 143 Å². The molecule has 3 aromatic heterocycles. The number of fused-ring (bicyclic) bond motifs is 3. The average molecular weight is 335 g/mol. The highest BCUT2D eigenvalue weighted by Crippen LogP contribution is 2.31. The van der Waals surface area contributed by atoms with Gasteiger partial charge in [0, 0.05) is 36.5 Å². The zero-order valence-electron chi connectivity index (χ0n) is 13.6. The number of anilines is 1. The molecule has 0 aliphatic carbocycles. The molecular formula is C17H17N7O. The van der Waals surface area contributed by atoms with Crippen molar-refractivity contribution in [3.8, 4) is 0 Å². The van der Waals surface area contributed by atoms with Crippen LogP contribution in [0.15, 0.2) is 54.4 Å². The molecule has 25 heavy (non-hydrogen) atoms. The number of aromatic nitrogens is 3. The van der Waals surface area contributed by atoms with E-state index in [4.69, 9.17) is 11.5 Å². The first-order chi connectivity index (χ1) is 12.0. The van der Waals surface area contributed by atoms with E-state index in [1.165, 1.54) is 13.1 Å². The lowest BCUT2D eigenvalue weighted by molar-refractivity contribution is -0.117. The Morgan fingerprint density at radius 1 is 1.36 bits per heavy atom. The van der Waals surface area contributed by atoms with Gasteiger partial charge in [-0.3, -0.25) is 14.5 Å². The Bertz CT molecular complexity index is 1050. The minimum absolute atomic E-state index is 0.0123. The van der Waals surface area contributed by atoms with Gasteiger partial charge in [0.25, 0.3) is 0 Å². The van der Waals surface area contributed by atoms with E-state index in [2.05, 4.69) is 26.9 Å². The Morgan fingerprint density at radius 3 is 2.92 bits per heavy atom. The van der Waals surface area contributed by atoms with E-state index in [-0.39, 0.29) is 11.9 Å². The van der Waals surface area contributed by atoms with Crippen LogP contribution in [0.1, 0.15) is 12.5 Å². The molecule has 0 radical (unpaired) electrons. The zero-order chi connectivity index (χ0) is 18.0. The summed E-state index contributed by atoms with van der Waals surface area (Å²) in [6.45, 7) is 5.46. The summed E-state index contributed by atoms with van der Waals surface area (Å²) < 4.78 is 1.78. The summed E-state index contributed by atoms with van der Waals surface area (Å²) in [7, 11) is 0. The number of hydrogen-bond acceptors (Lipinski definition) is 5. The lowest BCUT2D eigenvalue weighted by Crippen LogP contribution is -2.34. The van der Waals surface area contributed by atoms with Crippen LogP contribution in [-0.4, -0.2) is 26.2 Å². The van der Waals surface area contributed by atoms with Gasteiger partial charge >= 0.3 is 0 Å². The smallest absolute Gasteiger partial charge is 0.223 e. The summed E-state index contributed by atoms with van der Waals surface area (Å²) in [5, 5.41) is 3.29. The molecule has 0 saturated carbocycles. The van der Waals surface area contributed by atoms with Crippen LogP contribution in [0.3, 0.4) is 0 Å². The van der Waals surface area contributed by atoms with Crippen LogP contribution in [-0.2, 0) is 4.79 Å². The molecule has 5 N–H and O–H groups in total. The number of nitrogen functional groups attached to an aromatic ring is 1. The summed E-state index contributed by atoms with van der Waals surface area (Å²) in [5.74, 6) is 0.0716. The fourth-order valence-electron chi connectivity index (χ4n) is 2.61. The SMILES string of the molecule is C=C(/C=C\N=C(N)NC(C)=O)c1c2cccnc2n2c(N)nccc12. The highest BCUT2D eigenvalue weighted by molar-refractivity contribution is 6.02. The molecule has 0 bridgehead atoms. The number of carbonyl (C=O) groups is 1. The Kier molecular flexibility index (Phi) is 4.17. The van der Waals surface area contributed by atoms with E-state index in [1.54, 1.807) is 22.9 Å². The normalized spacial score (nSPS) is 12.1. The Hall–Kier alpha value is -3.68. The second-order valence-electron chi connectivity index (χ2n) is 5.31. The number of nitrogens with zero attached hydrogens (tertiary/aromatic N) is 4. The topological polar surface area (TPSA) is 124 Å². The van der Waals surface area contributed by atoms with E-state index >= 15 is 0 Å². The number of guanidine groups is 1. The lowest BCUT2D eigenvalue weighted by Gasteiger charge is -2.02. The van der Waals surface area contributed by atoms with Crippen molar-refractivity contribution in [2.45, 2.75) is 6.92 Å². The van der Waals surface area contributed by atoms with Crippen LogP contribution in [0.25, 0.3) is 22.1 Å². The third-order valence-electron chi connectivity index (χ3n) is 3.55. The minimum atomic E-state index is -0.285. The number of allylic oxidation sites excluding steroid dienone is 2. The van der Waals surface area contributed by atoms with Crippen LogP contribution in [0.4, 0.5) is 5.95 Å². The van der Waals surface area contributed by atoms with E-state index in [0.717, 1.165) is 16.5 Å². The molecule has 0 aliphatic heterocycles. The molecule has 8 heteroatoms. The molecule has 0 atom stereocenters. The van der Waals surface area contributed by atoms with Gasteiger partial charge in [0.1, 0.15) is 5.65 Å². The molecule has 3 heterocycles. The van der Waals surface area contributed by atoms with Gasteiger partial charge in [-0.1, -0.05) is 6.58 Å². The molecular weight excluding hydrogens is 318 g/mol. The maximum atomic E-state index is 10.9. The fourth-order valence-corrected chi connectivity index (χ4v) is 2.61. The lowest BCUT2D eigenvalue weighted by atomic mass is 10.1. The van der Waals surface area contributed by atoms with E-state index in [0.29, 0.717) is 17.2 Å². The summed E-state index contributed by atoms with van der Waals surface area (Å²) in [4.78, 5) is 23.4. The first kappa shape index (κ1) is 16.2. The highest BCUT2D eigenvalue weighted by Gasteiger charge is 2.15. The van der Waals surface area contributed by atoms with E-state index in [9.17, 15) is 4.79 Å². The van der Waals surface area contributed by atoms with Crippen LogP contribution in [0, 0.1) is 0 Å². The summed E-state index contributed by atoms with van der Waals surface area (Å²) in [6, 6.07) is 5.64. The molecule has 0 unspecified atom stereocenters. The molecule has 0 spiro atoms. The Balaban J connectivity index is 2.07. The number of hydrogen-bond donors (Lipinski definition) is 3. The van der Waals surface area contributed by atoms with Gasteiger partial charge < -0.3 is 11.5 Å². The van der Waals surface area contributed by atoms with Crippen molar-refractivity contribution < 1.29 is 4.79 Å². The number of aliphatic imine (C=N–C) groups is 1. The summed E-state index contributed by atoms with van der Waals surface area (Å²) in [6.07, 6.45) is 6.51. The van der Waals surface area contributed by atoms with Crippen LogP contribution in [0.5, 0.6) is 0 Å². The third-order valence-corrected chi connectivity index (χ3v) is 3.55. The van der Waals surface area contributed by atoms with Crippen molar-refractivity contribution >= 4 is 39.9 Å². The second-order valence-corrected chi connectivity index (χ2v) is 5.31. The van der Waals surface area contributed by atoms with Crippen LogP contribution in [0.2, 0.25) is 0 Å². The van der Waals surface area contributed by atoms with Crippen molar-refractivity contribution in [1.82, 2.24) is 19.7 Å². The first-order valence-corrected chi connectivity index (χ1v) is 7.45. The molecule has 3 aromatic rings. The van der Waals surface area contributed by atoms with Crippen molar-refractivity contribution in [1.29, 1.82) is 0 Å². The average Bonchev–Trinajstić information content (AvgIpc) is 2.89. The van der Waals surface area contributed by atoms with Crippen LogP contribution < -0.4 is 16.8 Å². The largest absolute Gasteiger partial charge is 0.369 e. The van der Waals surface area contributed by atoms with Gasteiger partial charge in [-0.2, -0.15) is 0 Å². The predicted octanol–water partition coefficient (Wildman–Crippen LogP) is 1.44. The van der Waals surface area contributed by atoms with Gasteiger partial charge in [0.2, 0.25) is 11.9 Å². The van der Waals surface area contributed by atoms with Crippen molar-refractivity contribution in [2.75, 3.05) is 5.73 Å². The molecule has 126 valence electrons. The van der Waals surface area contributed by atoms with Gasteiger partial charge in [-0.15, -0.1) is 0 Å². The quantitative estimate of drug-likeness (QED) is 0.379. The maximum Gasteiger partial charge on any atom is 0.223 e. The zero-order valence-corrected chi connectivity index (χ0v) is 13.6. The molecule has 8 nitrogen and oxygen atoms in total. The maximum absolute atomic E-state index is 10.9. The second kappa shape index (κ2) is 6.44. The highest BCUT2D eigenvalue weighted by atomic mass is 16.1. The number of carbonyl (C=O) groups excluding carboxylic acids is 1. The molecule has 0 fully saturated rings. The number of amides is 1. The van der Waals surface area contributed by atoms with Gasteiger partial charge in [-0.25, -0.2) is 15.0 Å². The summed E-state index contributed by atoms with van der Waals surface area (Å²) >= 11 is 0. The third kappa shape index (κ3) is 3.05. The van der Waals surface area contributed by atoms with Crippen LogP contribution >= 0.6 is 0 Å². The molecule has 0 aromatic carbocycles. The molecule has 0 aliphatic rings. The predicted molar refractivity (Wildman–Crippen MR) is 98.5 cm³/mol. The van der Waals surface area contributed by atoms with E-state index in [1.807, 2.05) is 18.2 Å². The number of pyridine rings is 1. The standard InChI is InChI=1S/C17H17N7O/c1-10(5-8-21-16(18)23-11(2)25)14-12-4-3-7-20-15(12)24-13(14)6-9-22-17(24)19/h3-9H,1H2,2H3,(H2,19,22)(H3,18,21,23,25)/b8-5-.